The molecule has 0 spiro atoms. The Morgan fingerprint density at radius 2 is 1.46 bits per heavy atom. The second-order valence-electron chi connectivity index (χ2n) is 7.02. The third-order valence-corrected chi connectivity index (χ3v) is 7.68. The summed E-state index contributed by atoms with van der Waals surface area (Å²) in [7, 11) is 0.0915. The molecule has 186 valence electrons. The highest BCUT2D eigenvalue weighted by Crippen LogP contribution is 2.34. The summed E-state index contributed by atoms with van der Waals surface area (Å²) in [6.45, 7) is -0.570. The number of carbonyl (C=O) groups is 1. The average Bonchev–Trinajstić information content (AvgIpc) is 2.85. The van der Waals surface area contributed by atoms with E-state index in [1.807, 2.05) is 0 Å². The van der Waals surface area contributed by atoms with Gasteiger partial charge in [-0.05, 0) is 48.5 Å². The Labute approximate surface area is 218 Å². The molecule has 0 heterocycles. The Morgan fingerprint density at radius 3 is 2.06 bits per heavy atom. The smallest absolute Gasteiger partial charge is 0.264 e. The molecule has 0 bridgehead atoms. The van der Waals surface area contributed by atoms with Crippen LogP contribution in [-0.2, 0) is 14.8 Å². The van der Waals surface area contributed by atoms with Crippen LogP contribution in [0.15, 0.2) is 59.5 Å². The molecule has 0 fully saturated rings. The van der Waals surface area contributed by atoms with E-state index in [-0.39, 0.29) is 37.1 Å². The van der Waals surface area contributed by atoms with Crippen molar-refractivity contribution in [2.24, 2.45) is 0 Å². The van der Waals surface area contributed by atoms with E-state index >= 15 is 0 Å². The number of hydrogen-bond acceptors (Lipinski definition) is 6. The van der Waals surface area contributed by atoms with Gasteiger partial charge < -0.3 is 19.5 Å². The number of methoxy groups -OCH3 is 3. The molecule has 3 aromatic carbocycles. The van der Waals surface area contributed by atoms with E-state index in [0.717, 1.165) is 4.31 Å². The molecule has 0 saturated heterocycles. The van der Waals surface area contributed by atoms with Gasteiger partial charge in [-0.2, -0.15) is 0 Å². The third-order valence-electron chi connectivity index (χ3n) is 4.87. The molecule has 3 rings (SSSR count). The van der Waals surface area contributed by atoms with Crippen molar-refractivity contribution in [2.75, 3.05) is 37.5 Å². The van der Waals surface area contributed by atoms with E-state index in [9.17, 15) is 13.2 Å². The predicted octanol–water partition coefficient (Wildman–Crippen LogP) is 5.51. The fraction of sp³-hybridized carbons (Fsp3) is 0.174. The summed E-state index contributed by atoms with van der Waals surface area (Å²) in [6, 6.07) is 13.1. The van der Waals surface area contributed by atoms with Crippen molar-refractivity contribution >= 4 is 62.1 Å². The van der Waals surface area contributed by atoms with Gasteiger partial charge in [-0.3, -0.25) is 9.10 Å². The molecule has 12 heteroatoms. The van der Waals surface area contributed by atoms with Gasteiger partial charge in [-0.25, -0.2) is 8.42 Å². The van der Waals surface area contributed by atoms with Crippen LogP contribution >= 0.6 is 34.8 Å². The normalized spacial score (nSPS) is 11.0. The number of halogens is 3. The average molecular weight is 560 g/mol. The minimum atomic E-state index is -4.23. The van der Waals surface area contributed by atoms with Gasteiger partial charge in [0.2, 0.25) is 5.91 Å². The summed E-state index contributed by atoms with van der Waals surface area (Å²) in [5.41, 5.74) is 0.417. The van der Waals surface area contributed by atoms with E-state index in [4.69, 9.17) is 49.0 Å². The number of benzene rings is 3. The lowest BCUT2D eigenvalue weighted by atomic mass is 10.3. The maximum atomic E-state index is 13.7. The molecule has 0 aliphatic rings. The van der Waals surface area contributed by atoms with Crippen molar-refractivity contribution in [1.82, 2.24) is 0 Å². The first-order chi connectivity index (χ1) is 16.6. The third kappa shape index (κ3) is 6.05. The number of ether oxygens (including phenoxy) is 3. The molecule has 0 aliphatic heterocycles. The van der Waals surface area contributed by atoms with E-state index in [2.05, 4.69) is 5.32 Å². The van der Waals surface area contributed by atoms with Gasteiger partial charge in [0, 0.05) is 6.07 Å². The zero-order valence-electron chi connectivity index (χ0n) is 18.8. The van der Waals surface area contributed by atoms with Crippen molar-refractivity contribution in [3.8, 4) is 17.2 Å². The second-order valence-corrected chi connectivity index (χ2v) is 10.1. The van der Waals surface area contributed by atoms with Gasteiger partial charge in [0.1, 0.15) is 12.3 Å². The van der Waals surface area contributed by atoms with Crippen LogP contribution in [0.5, 0.6) is 17.2 Å². The summed E-state index contributed by atoms with van der Waals surface area (Å²) >= 11 is 18.1. The first-order valence-corrected chi connectivity index (χ1v) is 12.5. The molecule has 35 heavy (non-hydrogen) atoms. The van der Waals surface area contributed by atoms with Crippen LogP contribution < -0.4 is 23.8 Å². The Kier molecular flexibility index (Phi) is 8.60. The highest BCUT2D eigenvalue weighted by atomic mass is 35.5. The Morgan fingerprint density at radius 1 is 0.829 bits per heavy atom. The monoisotopic (exact) mass is 558 g/mol. The SMILES string of the molecule is COc1ccc(N(CC(=O)Nc2cc(Cl)c(Cl)cc2Cl)S(=O)(=O)c2ccc(OC)c(OC)c2)cc1. The predicted molar refractivity (Wildman–Crippen MR) is 137 cm³/mol. The zero-order chi connectivity index (χ0) is 25.8. The molecular formula is C23H21Cl3N2O6S. The Bertz CT molecular complexity index is 1330. The Balaban J connectivity index is 2.01. The lowest BCUT2D eigenvalue weighted by Crippen LogP contribution is -2.38. The zero-order valence-corrected chi connectivity index (χ0v) is 21.9. The first kappa shape index (κ1) is 26.7. The van der Waals surface area contributed by atoms with Crippen LogP contribution in [0.25, 0.3) is 0 Å². The van der Waals surface area contributed by atoms with Gasteiger partial charge in [-0.15, -0.1) is 0 Å². The van der Waals surface area contributed by atoms with Crippen LogP contribution in [0.1, 0.15) is 0 Å². The number of nitrogens with one attached hydrogen (secondary N) is 1. The first-order valence-electron chi connectivity index (χ1n) is 9.94. The second kappa shape index (κ2) is 11.3. The lowest BCUT2D eigenvalue weighted by molar-refractivity contribution is -0.114. The lowest BCUT2D eigenvalue weighted by Gasteiger charge is -2.25. The van der Waals surface area contributed by atoms with Crippen LogP contribution in [0.3, 0.4) is 0 Å². The summed E-state index contributed by atoms with van der Waals surface area (Å²) < 4.78 is 43.9. The van der Waals surface area contributed by atoms with Crippen molar-refractivity contribution in [2.45, 2.75) is 4.90 Å². The van der Waals surface area contributed by atoms with Gasteiger partial charge >= 0.3 is 0 Å². The fourth-order valence-corrected chi connectivity index (χ4v) is 5.14. The molecule has 0 radical (unpaired) electrons. The molecule has 0 atom stereocenters. The van der Waals surface area contributed by atoms with Crippen molar-refractivity contribution in [3.05, 3.63) is 69.7 Å². The number of hydrogen-bond donors (Lipinski definition) is 1. The largest absolute Gasteiger partial charge is 0.497 e. The van der Waals surface area contributed by atoms with E-state index in [1.165, 1.54) is 63.8 Å². The number of nitrogens with zero attached hydrogens (tertiary/aromatic N) is 1. The number of amides is 1. The van der Waals surface area contributed by atoms with E-state index in [1.54, 1.807) is 12.1 Å². The van der Waals surface area contributed by atoms with Crippen LogP contribution in [-0.4, -0.2) is 42.2 Å². The van der Waals surface area contributed by atoms with Crippen molar-refractivity contribution < 1.29 is 27.4 Å². The van der Waals surface area contributed by atoms with Crippen LogP contribution in [0.4, 0.5) is 11.4 Å². The van der Waals surface area contributed by atoms with E-state index < -0.39 is 22.5 Å². The topological polar surface area (TPSA) is 94.2 Å². The summed E-state index contributed by atoms with van der Waals surface area (Å²) in [5.74, 6) is 0.430. The standard InChI is InChI=1S/C23H21Cl3N2O6S/c1-32-15-6-4-14(5-7-15)28(13-23(29)27-20-12-18(25)17(24)11-19(20)26)35(30,31)16-8-9-21(33-2)22(10-16)34-3/h4-12H,13H2,1-3H3,(H,27,29). The number of anilines is 2. The summed E-state index contributed by atoms with van der Waals surface area (Å²) in [6.07, 6.45) is 0. The van der Waals surface area contributed by atoms with Gasteiger partial charge in [-0.1, -0.05) is 34.8 Å². The number of rotatable bonds is 9. The van der Waals surface area contributed by atoms with Crippen LogP contribution in [0, 0.1) is 0 Å². The van der Waals surface area contributed by atoms with Gasteiger partial charge in [0.25, 0.3) is 10.0 Å². The van der Waals surface area contributed by atoms with E-state index in [0.29, 0.717) is 11.5 Å². The molecule has 0 aliphatic carbocycles. The van der Waals surface area contributed by atoms with Crippen molar-refractivity contribution in [3.63, 3.8) is 0 Å². The maximum absolute atomic E-state index is 13.7. The molecule has 0 saturated carbocycles. The maximum Gasteiger partial charge on any atom is 0.264 e. The van der Waals surface area contributed by atoms with Gasteiger partial charge in [0.15, 0.2) is 11.5 Å². The fourth-order valence-electron chi connectivity index (χ4n) is 3.11. The Hall–Kier alpha value is -2.85. The molecule has 0 unspecified atom stereocenters. The number of sulfonamides is 1. The van der Waals surface area contributed by atoms with Crippen molar-refractivity contribution in [1.29, 1.82) is 0 Å². The summed E-state index contributed by atoms with van der Waals surface area (Å²) in [5, 5.41) is 3.11. The minimum Gasteiger partial charge on any atom is -0.497 e. The molecule has 8 nitrogen and oxygen atoms in total. The molecule has 0 aromatic heterocycles. The minimum absolute atomic E-state index is 0.105. The van der Waals surface area contributed by atoms with Gasteiger partial charge in [0.05, 0.1) is 52.7 Å². The van der Waals surface area contributed by atoms with Crippen LogP contribution in [0.2, 0.25) is 15.1 Å². The molecule has 3 aromatic rings. The number of carbonyl (C=O) groups excluding carboxylic acids is 1. The highest BCUT2D eigenvalue weighted by molar-refractivity contribution is 7.92. The summed E-state index contributed by atoms with van der Waals surface area (Å²) in [4.78, 5) is 12.8. The quantitative estimate of drug-likeness (QED) is 0.348. The highest BCUT2D eigenvalue weighted by Gasteiger charge is 2.29. The molecular weight excluding hydrogens is 539 g/mol. The molecule has 1 N–H and O–H groups in total. The molecule has 1 amide bonds.